The van der Waals surface area contributed by atoms with Crippen molar-refractivity contribution in [3.8, 4) is 0 Å². The van der Waals surface area contributed by atoms with Crippen LogP contribution in [-0.2, 0) is 14.3 Å². The summed E-state index contributed by atoms with van der Waals surface area (Å²) in [7, 11) is 0. The first-order valence-electron chi connectivity index (χ1n) is 25.5. The molecule has 2 unspecified atom stereocenters. The standard InChI is InChI=1S/C51H99NO5/c1-3-5-7-9-11-13-15-16-17-18-19-20-21-22-25-29-33-37-41-45-51(56)57-46-42-38-34-30-26-23-24-28-32-36-40-44-50(55)52-48(47-53)49(54)43-39-35-31-27-14-12-10-8-6-4-2/h39,43,48-49,53-54H,3-38,40-42,44-47H2,1-2H3,(H,52,55)/b43-39+. The second-order valence-corrected chi connectivity index (χ2v) is 17.5. The smallest absolute Gasteiger partial charge is 0.305 e. The number of hydrogen-bond donors (Lipinski definition) is 3. The minimum absolute atomic E-state index is 0.0111. The summed E-state index contributed by atoms with van der Waals surface area (Å²) in [5.74, 6) is -0.0989. The van der Waals surface area contributed by atoms with E-state index in [0.29, 0.717) is 19.4 Å². The molecule has 338 valence electrons. The molecule has 57 heavy (non-hydrogen) atoms. The molecule has 0 rings (SSSR count). The summed E-state index contributed by atoms with van der Waals surface area (Å²) in [4.78, 5) is 24.4. The first-order valence-corrected chi connectivity index (χ1v) is 25.5. The summed E-state index contributed by atoms with van der Waals surface area (Å²) in [5, 5.41) is 22.9. The van der Waals surface area contributed by atoms with Crippen LogP contribution in [0.3, 0.4) is 0 Å². The van der Waals surface area contributed by atoms with E-state index in [4.69, 9.17) is 4.74 Å². The number of carbonyl (C=O) groups is 2. The van der Waals surface area contributed by atoms with E-state index in [1.54, 1.807) is 6.08 Å². The topological polar surface area (TPSA) is 95.9 Å². The average molecular weight is 806 g/mol. The summed E-state index contributed by atoms with van der Waals surface area (Å²) >= 11 is 0. The summed E-state index contributed by atoms with van der Waals surface area (Å²) in [6.07, 6.45) is 53.6. The fourth-order valence-corrected chi connectivity index (χ4v) is 7.87. The van der Waals surface area contributed by atoms with E-state index >= 15 is 0 Å². The summed E-state index contributed by atoms with van der Waals surface area (Å²) in [6, 6.07) is -0.638. The Morgan fingerprint density at radius 3 is 1.19 bits per heavy atom. The number of aliphatic hydroxyl groups excluding tert-OH is 2. The van der Waals surface area contributed by atoms with Gasteiger partial charge in [0.15, 0.2) is 0 Å². The Morgan fingerprint density at radius 2 is 0.807 bits per heavy atom. The van der Waals surface area contributed by atoms with Crippen molar-refractivity contribution in [2.24, 2.45) is 0 Å². The van der Waals surface area contributed by atoms with Crippen LogP contribution in [0.4, 0.5) is 0 Å². The zero-order chi connectivity index (χ0) is 41.5. The number of nitrogens with one attached hydrogen (secondary N) is 1. The molecule has 2 atom stereocenters. The van der Waals surface area contributed by atoms with Gasteiger partial charge in [-0.15, -0.1) is 0 Å². The average Bonchev–Trinajstić information content (AvgIpc) is 3.21. The number of aliphatic hydroxyl groups is 2. The van der Waals surface area contributed by atoms with Crippen LogP contribution in [0.15, 0.2) is 12.2 Å². The molecule has 0 aromatic carbocycles. The van der Waals surface area contributed by atoms with Crippen molar-refractivity contribution in [3.05, 3.63) is 12.2 Å². The molecule has 0 spiro atoms. The van der Waals surface area contributed by atoms with E-state index in [0.717, 1.165) is 57.8 Å². The van der Waals surface area contributed by atoms with E-state index in [2.05, 4.69) is 19.2 Å². The van der Waals surface area contributed by atoms with Gasteiger partial charge < -0.3 is 20.3 Å². The number of esters is 1. The van der Waals surface area contributed by atoms with E-state index in [-0.39, 0.29) is 18.5 Å². The first-order chi connectivity index (χ1) is 28.0. The monoisotopic (exact) mass is 806 g/mol. The van der Waals surface area contributed by atoms with Gasteiger partial charge in [0, 0.05) is 12.8 Å². The lowest BCUT2D eigenvalue weighted by Crippen LogP contribution is -2.45. The third kappa shape index (κ3) is 44.0. The van der Waals surface area contributed by atoms with Crippen LogP contribution in [0.5, 0.6) is 0 Å². The number of amides is 1. The summed E-state index contributed by atoms with van der Waals surface area (Å²) < 4.78 is 5.47. The van der Waals surface area contributed by atoms with Crippen LogP contribution < -0.4 is 5.32 Å². The van der Waals surface area contributed by atoms with Gasteiger partial charge in [0.05, 0.1) is 25.4 Å². The lowest BCUT2D eigenvalue weighted by molar-refractivity contribution is -0.143. The molecule has 0 bridgehead atoms. The zero-order valence-electron chi connectivity index (χ0n) is 38.3. The minimum atomic E-state index is -0.853. The molecule has 0 radical (unpaired) electrons. The van der Waals surface area contributed by atoms with Crippen molar-refractivity contribution in [1.29, 1.82) is 0 Å². The molecular formula is C51H99NO5. The van der Waals surface area contributed by atoms with Crippen molar-refractivity contribution in [1.82, 2.24) is 5.32 Å². The third-order valence-corrected chi connectivity index (χ3v) is 11.8. The fourth-order valence-electron chi connectivity index (χ4n) is 7.87. The minimum Gasteiger partial charge on any atom is -0.466 e. The van der Waals surface area contributed by atoms with Crippen molar-refractivity contribution in [2.75, 3.05) is 13.2 Å². The molecule has 6 heteroatoms. The lowest BCUT2D eigenvalue weighted by atomic mass is 10.0. The molecule has 0 heterocycles. The summed E-state index contributed by atoms with van der Waals surface area (Å²) in [5.41, 5.74) is 0. The van der Waals surface area contributed by atoms with Crippen LogP contribution in [0.1, 0.15) is 277 Å². The van der Waals surface area contributed by atoms with Crippen LogP contribution in [0, 0.1) is 0 Å². The van der Waals surface area contributed by atoms with Crippen LogP contribution in [-0.4, -0.2) is 47.4 Å². The molecule has 0 saturated carbocycles. The highest BCUT2D eigenvalue weighted by Gasteiger charge is 2.18. The Kier molecular flexibility index (Phi) is 46.1. The van der Waals surface area contributed by atoms with E-state index in [1.165, 1.54) is 193 Å². The van der Waals surface area contributed by atoms with Gasteiger partial charge in [0.1, 0.15) is 0 Å². The van der Waals surface area contributed by atoms with Gasteiger partial charge >= 0.3 is 5.97 Å². The molecule has 0 aliphatic heterocycles. The van der Waals surface area contributed by atoms with E-state index in [9.17, 15) is 19.8 Å². The van der Waals surface area contributed by atoms with Gasteiger partial charge in [-0.25, -0.2) is 0 Å². The molecule has 0 aromatic rings. The highest BCUT2D eigenvalue weighted by atomic mass is 16.5. The number of carbonyl (C=O) groups excluding carboxylic acids is 2. The first kappa shape index (κ1) is 55.6. The van der Waals surface area contributed by atoms with Crippen LogP contribution in [0.2, 0.25) is 0 Å². The second kappa shape index (κ2) is 47.3. The molecule has 0 saturated heterocycles. The van der Waals surface area contributed by atoms with Crippen molar-refractivity contribution in [3.63, 3.8) is 0 Å². The normalized spacial score (nSPS) is 12.7. The third-order valence-electron chi connectivity index (χ3n) is 11.8. The maximum atomic E-state index is 12.4. The van der Waals surface area contributed by atoms with Gasteiger partial charge in [-0.2, -0.15) is 0 Å². The Bertz CT molecular complexity index is 847. The Labute approximate surface area is 355 Å². The maximum Gasteiger partial charge on any atom is 0.305 e. The van der Waals surface area contributed by atoms with Crippen LogP contribution >= 0.6 is 0 Å². The molecule has 6 nitrogen and oxygen atoms in total. The Morgan fingerprint density at radius 1 is 0.474 bits per heavy atom. The molecule has 0 aliphatic carbocycles. The SMILES string of the molecule is CCCCCCCCCC/C=C/C(O)C(CO)NC(=O)CCCCCCCCCCCCCOC(=O)CCCCCCCCCCCCCCCCCCCCC. The largest absolute Gasteiger partial charge is 0.466 e. The van der Waals surface area contributed by atoms with Gasteiger partial charge in [0.25, 0.3) is 0 Å². The van der Waals surface area contributed by atoms with Crippen molar-refractivity contribution in [2.45, 2.75) is 289 Å². The number of ether oxygens (including phenoxy) is 1. The number of allylic oxidation sites excluding steroid dienone is 1. The number of rotatable bonds is 47. The van der Waals surface area contributed by atoms with E-state index in [1.807, 2.05) is 6.08 Å². The summed E-state index contributed by atoms with van der Waals surface area (Å²) in [6.45, 7) is 4.85. The number of unbranched alkanes of at least 4 members (excludes halogenated alkanes) is 36. The molecule has 3 N–H and O–H groups in total. The maximum absolute atomic E-state index is 12.4. The molecular weight excluding hydrogens is 707 g/mol. The molecule has 0 aromatic heterocycles. The predicted octanol–water partition coefficient (Wildman–Crippen LogP) is 15.0. The van der Waals surface area contributed by atoms with Gasteiger partial charge in [-0.05, 0) is 32.1 Å². The highest BCUT2D eigenvalue weighted by Crippen LogP contribution is 2.16. The van der Waals surface area contributed by atoms with Crippen LogP contribution in [0.25, 0.3) is 0 Å². The van der Waals surface area contributed by atoms with Gasteiger partial charge in [-0.3, -0.25) is 9.59 Å². The van der Waals surface area contributed by atoms with E-state index < -0.39 is 12.1 Å². The second-order valence-electron chi connectivity index (χ2n) is 17.5. The predicted molar refractivity (Wildman–Crippen MR) is 246 cm³/mol. The zero-order valence-corrected chi connectivity index (χ0v) is 38.3. The van der Waals surface area contributed by atoms with Gasteiger partial charge in [0.2, 0.25) is 5.91 Å². The Balaban J connectivity index is 3.43. The highest BCUT2D eigenvalue weighted by molar-refractivity contribution is 5.76. The quantitative estimate of drug-likeness (QED) is 0.0323. The fraction of sp³-hybridized carbons (Fsp3) is 0.922. The molecule has 0 aliphatic rings. The lowest BCUT2D eigenvalue weighted by Gasteiger charge is -2.20. The van der Waals surface area contributed by atoms with Crippen molar-refractivity contribution < 1.29 is 24.5 Å². The number of hydrogen-bond acceptors (Lipinski definition) is 5. The molecule has 0 fully saturated rings. The molecule has 1 amide bonds. The van der Waals surface area contributed by atoms with Crippen molar-refractivity contribution >= 4 is 11.9 Å². The Hall–Kier alpha value is -1.40. The van der Waals surface area contributed by atoms with Gasteiger partial charge in [-0.1, -0.05) is 244 Å².